The van der Waals surface area contributed by atoms with Crippen molar-refractivity contribution < 1.29 is 9.59 Å². The van der Waals surface area contributed by atoms with Crippen LogP contribution in [0.4, 0.5) is 0 Å². The average Bonchev–Trinajstić information content (AvgIpc) is 3.05. The quantitative estimate of drug-likeness (QED) is 0.471. The number of rotatable bonds is 6. The molecule has 2 amide bonds. The second-order valence-corrected chi connectivity index (χ2v) is 5.56. The molecule has 0 unspecified atom stereocenters. The van der Waals surface area contributed by atoms with E-state index in [9.17, 15) is 9.59 Å². The van der Waals surface area contributed by atoms with Crippen LogP contribution in [0.5, 0.6) is 0 Å². The predicted octanol–water partition coefficient (Wildman–Crippen LogP) is 0.0852. The van der Waals surface area contributed by atoms with Crippen LogP contribution in [0, 0.1) is 11.3 Å². The molecule has 0 heterocycles. The molecule has 0 aliphatic heterocycles. The highest BCUT2D eigenvalue weighted by Gasteiger charge is 2.46. The molecule has 2 saturated carbocycles. The van der Waals surface area contributed by atoms with Crippen LogP contribution < -0.4 is 16.4 Å². The lowest BCUT2D eigenvalue weighted by Crippen LogP contribution is -2.54. The lowest BCUT2D eigenvalue weighted by Gasteiger charge is -2.39. The summed E-state index contributed by atoms with van der Waals surface area (Å²) in [5.41, 5.74) is 5.01. The van der Waals surface area contributed by atoms with Gasteiger partial charge in [0.1, 0.15) is 0 Å². The Labute approximate surface area is 112 Å². The van der Waals surface area contributed by atoms with E-state index in [2.05, 4.69) is 10.6 Å². The first-order chi connectivity index (χ1) is 8.56. The second-order valence-electron chi connectivity index (χ2n) is 5.12. The molecule has 4 N–H and O–H groups in total. The van der Waals surface area contributed by atoms with E-state index in [1.165, 1.54) is 0 Å². The lowest BCUT2D eigenvalue weighted by molar-refractivity contribution is -0.131. The van der Waals surface area contributed by atoms with Gasteiger partial charge in [-0.05, 0) is 25.7 Å². The van der Waals surface area contributed by atoms with Gasteiger partial charge in [-0.1, -0.05) is 18.6 Å². The molecule has 2 aliphatic carbocycles. The lowest BCUT2D eigenvalue weighted by atomic mass is 9.68. The fourth-order valence-corrected chi connectivity index (χ4v) is 2.43. The highest BCUT2D eigenvalue weighted by molar-refractivity contribution is 7.80. The minimum absolute atomic E-state index is 0.0944. The summed E-state index contributed by atoms with van der Waals surface area (Å²) in [4.78, 5) is 23.6. The summed E-state index contributed by atoms with van der Waals surface area (Å²) in [6, 6.07) is 0. The molecule has 0 bridgehead atoms. The molecule has 0 atom stereocenters. The zero-order chi connectivity index (χ0) is 13.2. The highest BCUT2D eigenvalue weighted by atomic mass is 32.1. The van der Waals surface area contributed by atoms with Crippen LogP contribution in [0.25, 0.3) is 0 Å². The Bertz CT molecular complexity index is 376. The third-order valence-corrected chi connectivity index (χ3v) is 4.16. The molecule has 0 saturated heterocycles. The van der Waals surface area contributed by atoms with Gasteiger partial charge in [-0.3, -0.25) is 9.59 Å². The first-order valence-electron chi connectivity index (χ1n) is 6.42. The van der Waals surface area contributed by atoms with Gasteiger partial charge in [0.2, 0.25) is 11.8 Å². The van der Waals surface area contributed by atoms with E-state index in [-0.39, 0.29) is 22.7 Å². The fourth-order valence-electron chi connectivity index (χ4n) is 2.14. The molecule has 0 radical (unpaired) electrons. The molecular formula is C12H19N3O2S. The van der Waals surface area contributed by atoms with Crippen LogP contribution in [-0.4, -0.2) is 29.9 Å². The molecule has 6 heteroatoms. The smallest absolute Gasteiger partial charge is 0.233 e. The zero-order valence-electron chi connectivity index (χ0n) is 10.3. The molecule has 2 rings (SSSR count). The summed E-state index contributed by atoms with van der Waals surface area (Å²) >= 11 is 4.97. The number of hydrogen-bond acceptors (Lipinski definition) is 3. The Morgan fingerprint density at radius 1 is 1.22 bits per heavy atom. The number of amides is 2. The maximum absolute atomic E-state index is 12.0. The summed E-state index contributed by atoms with van der Waals surface area (Å²) in [7, 11) is 0. The van der Waals surface area contributed by atoms with Crippen LogP contribution in [-0.2, 0) is 9.59 Å². The van der Waals surface area contributed by atoms with Crippen LogP contribution in [0.3, 0.4) is 0 Å². The van der Waals surface area contributed by atoms with Crippen LogP contribution in [0.2, 0.25) is 0 Å². The molecular weight excluding hydrogens is 250 g/mol. The third-order valence-electron chi connectivity index (χ3n) is 3.77. The van der Waals surface area contributed by atoms with E-state index in [1.807, 2.05) is 0 Å². The van der Waals surface area contributed by atoms with Crippen molar-refractivity contribution >= 4 is 29.0 Å². The molecule has 0 aromatic rings. The topological polar surface area (TPSA) is 84.2 Å². The standard InChI is InChI=1S/C12H19N3O2S/c13-10(18)12(4-1-5-12)11(17)15-7-6-14-9(16)8-2-3-8/h8H,1-7H2,(H2,13,18)(H,14,16)(H,15,17). The highest BCUT2D eigenvalue weighted by Crippen LogP contribution is 2.41. The average molecular weight is 269 g/mol. The van der Waals surface area contributed by atoms with E-state index in [0.29, 0.717) is 13.1 Å². The fraction of sp³-hybridized carbons (Fsp3) is 0.750. The van der Waals surface area contributed by atoms with Crippen molar-refractivity contribution in [3.8, 4) is 0 Å². The van der Waals surface area contributed by atoms with Crippen LogP contribution in [0.1, 0.15) is 32.1 Å². The molecule has 2 aliphatic rings. The van der Waals surface area contributed by atoms with Gasteiger partial charge >= 0.3 is 0 Å². The summed E-state index contributed by atoms with van der Waals surface area (Å²) in [6.45, 7) is 0.899. The molecule has 100 valence electrons. The van der Waals surface area contributed by atoms with Crippen molar-refractivity contribution in [2.24, 2.45) is 17.1 Å². The number of thiocarbonyl (C=S) groups is 1. The monoisotopic (exact) mass is 269 g/mol. The Hall–Kier alpha value is -1.17. The molecule has 0 spiro atoms. The van der Waals surface area contributed by atoms with Crippen molar-refractivity contribution in [1.82, 2.24) is 10.6 Å². The first-order valence-corrected chi connectivity index (χ1v) is 6.83. The predicted molar refractivity (Wildman–Crippen MR) is 71.8 cm³/mol. The molecule has 2 fully saturated rings. The Morgan fingerprint density at radius 2 is 1.83 bits per heavy atom. The van der Waals surface area contributed by atoms with Gasteiger partial charge in [0.15, 0.2) is 0 Å². The molecule has 5 nitrogen and oxygen atoms in total. The van der Waals surface area contributed by atoms with Gasteiger partial charge in [0.25, 0.3) is 0 Å². The zero-order valence-corrected chi connectivity index (χ0v) is 11.1. The number of carbonyl (C=O) groups excluding carboxylic acids is 2. The Kier molecular flexibility index (Phi) is 3.85. The SMILES string of the molecule is NC(=S)C1(C(=O)NCCNC(=O)C2CC2)CCC1. The normalized spacial score (nSPS) is 20.7. The summed E-state index contributed by atoms with van der Waals surface area (Å²) < 4.78 is 0. The van der Waals surface area contributed by atoms with Crippen molar-refractivity contribution in [1.29, 1.82) is 0 Å². The van der Waals surface area contributed by atoms with Gasteiger partial charge in [-0.25, -0.2) is 0 Å². The first kappa shape index (κ1) is 13.3. The largest absolute Gasteiger partial charge is 0.392 e. The summed E-state index contributed by atoms with van der Waals surface area (Å²) in [6.07, 6.45) is 4.44. The van der Waals surface area contributed by atoms with E-state index < -0.39 is 5.41 Å². The number of nitrogens with two attached hydrogens (primary N) is 1. The number of hydrogen-bond donors (Lipinski definition) is 3. The third kappa shape index (κ3) is 2.63. The van der Waals surface area contributed by atoms with Gasteiger partial charge in [0.05, 0.1) is 10.4 Å². The maximum atomic E-state index is 12.0. The van der Waals surface area contributed by atoms with Crippen molar-refractivity contribution in [2.45, 2.75) is 32.1 Å². The van der Waals surface area contributed by atoms with E-state index >= 15 is 0 Å². The van der Waals surface area contributed by atoms with Gasteiger partial charge in [-0.15, -0.1) is 0 Å². The summed E-state index contributed by atoms with van der Waals surface area (Å²) in [5, 5.41) is 5.60. The van der Waals surface area contributed by atoms with E-state index in [1.54, 1.807) is 0 Å². The van der Waals surface area contributed by atoms with Gasteiger partial charge in [0, 0.05) is 19.0 Å². The van der Waals surface area contributed by atoms with E-state index in [4.69, 9.17) is 18.0 Å². The van der Waals surface area contributed by atoms with Crippen molar-refractivity contribution in [3.05, 3.63) is 0 Å². The summed E-state index contributed by atoms with van der Waals surface area (Å²) in [5.74, 6) is 0.203. The Morgan fingerprint density at radius 3 is 2.28 bits per heavy atom. The second kappa shape index (κ2) is 5.22. The van der Waals surface area contributed by atoms with Crippen molar-refractivity contribution in [2.75, 3.05) is 13.1 Å². The maximum Gasteiger partial charge on any atom is 0.233 e. The molecule has 0 aromatic carbocycles. The Balaban J connectivity index is 1.68. The molecule has 0 aromatic heterocycles. The van der Waals surface area contributed by atoms with Gasteiger partial charge < -0.3 is 16.4 Å². The number of carbonyl (C=O) groups is 2. The number of nitrogens with one attached hydrogen (secondary N) is 2. The molecule has 18 heavy (non-hydrogen) atoms. The van der Waals surface area contributed by atoms with Crippen molar-refractivity contribution in [3.63, 3.8) is 0 Å². The van der Waals surface area contributed by atoms with Gasteiger partial charge in [-0.2, -0.15) is 0 Å². The minimum atomic E-state index is -0.629. The van der Waals surface area contributed by atoms with E-state index in [0.717, 1.165) is 32.1 Å². The van der Waals surface area contributed by atoms with Crippen LogP contribution >= 0.6 is 12.2 Å². The van der Waals surface area contributed by atoms with Crippen LogP contribution in [0.15, 0.2) is 0 Å². The minimum Gasteiger partial charge on any atom is -0.392 e.